The number of aliphatic hydroxyl groups excluding tert-OH is 1. The molecule has 0 saturated carbocycles. The monoisotopic (exact) mass is 260 g/mol. The molecule has 0 fully saturated rings. The summed E-state index contributed by atoms with van der Waals surface area (Å²) in [6, 6.07) is 0. The van der Waals surface area contributed by atoms with Gasteiger partial charge in [-0.15, -0.1) is 0 Å². The largest absolute Gasteiger partial charge is 0.477 e. The maximum absolute atomic E-state index is 10.6. The molecule has 0 radical (unpaired) electrons. The number of aliphatic carboxylic acids is 1. The summed E-state index contributed by atoms with van der Waals surface area (Å²) in [7, 11) is 3.95. The van der Waals surface area contributed by atoms with Crippen molar-refractivity contribution in [2.75, 3.05) is 33.8 Å². The first kappa shape index (κ1) is 17.4. The molecule has 2 N–H and O–H groups in total. The molecule has 18 heavy (non-hydrogen) atoms. The minimum atomic E-state index is -0.719. The molecule has 4 heteroatoms. The molecule has 0 aliphatic carbocycles. The summed E-state index contributed by atoms with van der Waals surface area (Å²) in [5.41, 5.74) is 0. The van der Waals surface area contributed by atoms with Crippen LogP contribution in [-0.4, -0.2) is 54.5 Å². The summed E-state index contributed by atoms with van der Waals surface area (Å²) in [6.07, 6.45) is 9.36. The fourth-order valence-corrected chi connectivity index (χ4v) is 2.16. The van der Waals surface area contributed by atoms with Crippen LogP contribution in [0, 0.1) is 0 Å². The lowest BCUT2D eigenvalue weighted by Crippen LogP contribution is -2.44. The second-order valence-corrected chi connectivity index (χ2v) is 5.76. The van der Waals surface area contributed by atoms with Gasteiger partial charge in [-0.25, -0.2) is 4.79 Å². The quantitative estimate of drug-likeness (QED) is 0.418. The zero-order chi connectivity index (χ0) is 13.9. The van der Waals surface area contributed by atoms with E-state index in [1.165, 1.54) is 32.1 Å². The van der Waals surface area contributed by atoms with Gasteiger partial charge in [0.05, 0.1) is 20.6 Å². The van der Waals surface area contributed by atoms with Crippen LogP contribution < -0.4 is 0 Å². The van der Waals surface area contributed by atoms with Crippen LogP contribution in [-0.2, 0) is 4.79 Å². The Morgan fingerprint density at radius 3 is 1.78 bits per heavy atom. The number of quaternary nitrogens is 1. The highest BCUT2D eigenvalue weighted by Crippen LogP contribution is 2.10. The molecule has 0 aliphatic rings. The number of likely N-dealkylation sites (N-methyl/N-ethyl adjacent to an activating group) is 1. The Morgan fingerprint density at radius 2 is 1.33 bits per heavy atom. The van der Waals surface area contributed by atoms with Crippen LogP contribution in [0.15, 0.2) is 0 Å². The summed E-state index contributed by atoms with van der Waals surface area (Å²) in [6.45, 7) is 1.47. The van der Waals surface area contributed by atoms with Gasteiger partial charge in [0.1, 0.15) is 0 Å². The fourth-order valence-electron chi connectivity index (χ4n) is 2.16. The molecular formula is C14H30NO3+. The third-order valence-corrected chi connectivity index (χ3v) is 3.23. The van der Waals surface area contributed by atoms with E-state index in [-0.39, 0.29) is 6.54 Å². The van der Waals surface area contributed by atoms with E-state index in [0.29, 0.717) is 11.1 Å². The van der Waals surface area contributed by atoms with Crippen LogP contribution in [0.3, 0.4) is 0 Å². The van der Waals surface area contributed by atoms with Gasteiger partial charge in [0.25, 0.3) is 0 Å². The zero-order valence-electron chi connectivity index (χ0n) is 12.0. The first-order valence-electron chi connectivity index (χ1n) is 7.12. The summed E-state index contributed by atoms with van der Waals surface area (Å²) in [5.74, 6) is -0.719. The van der Waals surface area contributed by atoms with Crippen LogP contribution in [0.5, 0.6) is 0 Å². The van der Waals surface area contributed by atoms with Crippen molar-refractivity contribution in [1.29, 1.82) is 0 Å². The van der Waals surface area contributed by atoms with Crippen molar-refractivity contribution >= 4 is 5.97 Å². The minimum Gasteiger partial charge on any atom is -0.477 e. The van der Waals surface area contributed by atoms with Crippen LogP contribution in [0.4, 0.5) is 0 Å². The molecule has 0 rings (SSSR count). The lowest BCUT2D eigenvalue weighted by atomic mass is 10.1. The molecule has 0 aromatic rings. The van der Waals surface area contributed by atoms with E-state index in [1.807, 2.05) is 14.1 Å². The molecule has 0 heterocycles. The highest BCUT2D eigenvalue weighted by atomic mass is 16.4. The number of carboxylic acids is 1. The fraction of sp³-hybridized carbons (Fsp3) is 0.929. The number of carboxylic acid groups (broad SMARTS) is 1. The molecule has 0 atom stereocenters. The molecule has 0 aliphatic heterocycles. The Morgan fingerprint density at radius 1 is 0.889 bits per heavy atom. The predicted octanol–water partition coefficient (Wildman–Crippen LogP) is 2.26. The Balaban J connectivity index is 3.31. The number of carbonyl (C=O) groups is 1. The molecule has 0 unspecified atom stereocenters. The van der Waals surface area contributed by atoms with Gasteiger partial charge in [0.15, 0.2) is 6.54 Å². The lowest BCUT2D eigenvalue weighted by Gasteiger charge is -2.27. The maximum Gasteiger partial charge on any atom is 0.359 e. The highest BCUT2D eigenvalue weighted by Gasteiger charge is 2.18. The van der Waals surface area contributed by atoms with Crippen molar-refractivity contribution in [2.45, 2.75) is 51.4 Å². The molecule has 0 aromatic heterocycles. The number of aliphatic hydroxyl groups is 1. The summed E-state index contributed by atoms with van der Waals surface area (Å²) in [4.78, 5) is 10.6. The average Bonchev–Trinajstić information content (AvgIpc) is 2.25. The van der Waals surface area contributed by atoms with E-state index in [1.54, 1.807) is 0 Å². The number of nitrogens with zero attached hydrogens (tertiary/aromatic N) is 1. The van der Waals surface area contributed by atoms with E-state index >= 15 is 0 Å². The van der Waals surface area contributed by atoms with Crippen molar-refractivity contribution < 1.29 is 19.5 Å². The highest BCUT2D eigenvalue weighted by molar-refractivity contribution is 5.67. The first-order valence-corrected chi connectivity index (χ1v) is 7.12. The van der Waals surface area contributed by atoms with E-state index < -0.39 is 5.97 Å². The van der Waals surface area contributed by atoms with Crippen molar-refractivity contribution in [3.05, 3.63) is 0 Å². The van der Waals surface area contributed by atoms with Gasteiger partial charge in [0.2, 0.25) is 0 Å². The standard InChI is InChI=1S/C14H29NO3/c1-15(2,13-14(17)18)11-9-7-5-3-4-6-8-10-12-16/h16H,3-13H2,1-2H3/p+1. The third kappa shape index (κ3) is 11.9. The number of unbranched alkanes of at least 4 members (excludes halogenated alkanes) is 7. The number of rotatable bonds is 12. The smallest absolute Gasteiger partial charge is 0.359 e. The van der Waals surface area contributed by atoms with Gasteiger partial charge in [-0.2, -0.15) is 0 Å². The first-order chi connectivity index (χ1) is 8.48. The minimum absolute atomic E-state index is 0.209. The van der Waals surface area contributed by atoms with Gasteiger partial charge in [0, 0.05) is 6.61 Å². The Labute approximate surface area is 111 Å². The zero-order valence-corrected chi connectivity index (χ0v) is 12.0. The molecule has 108 valence electrons. The van der Waals surface area contributed by atoms with Crippen LogP contribution in [0.2, 0.25) is 0 Å². The maximum atomic E-state index is 10.6. The number of hydrogen-bond acceptors (Lipinski definition) is 2. The van der Waals surface area contributed by atoms with Gasteiger partial charge in [-0.1, -0.05) is 32.1 Å². The van der Waals surface area contributed by atoms with Crippen molar-refractivity contribution in [3.8, 4) is 0 Å². The second-order valence-electron chi connectivity index (χ2n) is 5.76. The van der Waals surface area contributed by atoms with Gasteiger partial charge < -0.3 is 14.7 Å². The van der Waals surface area contributed by atoms with Gasteiger partial charge in [-0.05, 0) is 19.3 Å². The van der Waals surface area contributed by atoms with Gasteiger partial charge in [-0.3, -0.25) is 0 Å². The van der Waals surface area contributed by atoms with E-state index in [2.05, 4.69) is 0 Å². The number of hydrogen-bond donors (Lipinski definition) is 2. The van der Waals surface area contributed by atoms with E-state index in [0.717, 1.165) is 25.8 Å². The van der Waals surface area contributed by atoms with E-state index in [4.69, 9.17) is 10.2 Å². The van der Waals surface area contributed by atoms with Crippen molar-refractivity contribution in [3.63, 3.8) is 0 Å². The van der Waals surface area contributed by atoms with Crippen LogP contribution in [0.1, 0.15) is 51.4 Å². The van der Waals surface area contributed by atoms with Crippen LogP contribution >= 0.6 is 0 Å². The molecule has 0 amide bonds. The topological polar surface area (TPSA) is 57.5 Å². The molecule has 4 nitrogen and oxygen atoms in total. The predicted molar refractivity (Wildman–Crippen MR) is 73.5 cm³/mol. The lowest BCUT2D eigenvalue weighted by molar-refractivity contribution is -0.883. The summed E-state index contributed by atoms with van der Waals surface area (Å²) in [5, 5.41) is 17.4. The molecule has 0 spiro atoms. The summed E-state index contributed by atoms with van der Waals surface area (Å²) < 4.78 is 0.575. The molecule has 0 bridgehead atoms. The molecule has 0 aromatic carbocycles. The normalized spacial score (nSPS) is 11.7. The van der Waals surface area contributed by atoms with Gasteiger partial charge >= 0.3 is 5.97 Å². The van der Waals surface area contributed by atoms with E-state index in [9.17, 15) is 4.79 Å². The Kier molecular flexibility index (Phi) is 9.98. The SMILES string of the molecule is C[N+](C)(CCCCCCCCCCO)CC(=O)O. The molecule has 0 saturated heterocycles. The molecular weight excluding hydrogens is 230 g/mol. The Hall–Kier alpha value is -0.610. The van der Waals surface area contributed by atoms with Crippen molar-refractivity contribution in [1.82, 2.24) is 0 Å². The average molecular weight is 260 g/mol. The third-order valence-electron chi connectivity index (χ3n) is 3.23. The van der Waals surface area contributed by atoms with Crippen molar-refractivity contribution in [2.24, 2.45) is 0 Å². The Bertz CT molecular complexity index is 217. The second kappa shape index (κ2) is 10.3. The summed E-state index contributed by atoms with van der Waals surface area (Å²) >= 11 is 0. The van der Waals surface area contributed by atoms with Crippen LogP contribution in [0.25, 0.3) is 0 Å².